The molecule has 0 radical (unpaired) electrons. The van der Waals surface area contributed by atoms with E-state index in [9.17, 15) is 0 Å². The van der Waals surface area contributed by atoms with E-state index in [2.05, 4.69) is 31.9 Å². The average Bonchev–Trinajstić information content (AvgIpc) is 2.19. The molecule has 0 bridgehead atoms. The van der Waals surface area contributed by atoms with Crippen molar-refractivity contribution in [2.24, 2.45) is 5.92 Å². The number of hydrogen-bond donors (Lipinski definition) is 0. The smallest absolute Gasteiger partial charge is 0.0242 e. The van der Waals surface area contributed by atoms with E-state index in [0.717, 1.165) is 17.9 Å². The molecule has 0 aromatic heterocycles. The van der Waals surface area contributed by atoms with Crippen molar-refractivity contribution >= 4 is 0 Å². The summed E-state index contributed by atoms with van der Waals surface area (Å²) in [6, 6.07) is 8.28. The second-order valence-corrected chi connectivity index (χ2v) is 3.56. The zero-order valence-electron chi connectivity index (χ0n) is 8.38. The van der Waals surface area contributed by atoms with Gasteiger partial charge in [-0.05, 0) is 30.0 Å². The van der Waals surface area contributed by atoms with Crippen LogP contribution in [-0.4, -0.2) is 0 Å². The van der Waals surface area contributed by atoms with Crippen molar-refractivity contribution < 1.29 is 0 Å². The summed E-state index contributed by atoms with van der Waals surface area (Å²) in [5, 5.41) is 0. The first kappa shape index (κ1) is 9.86. The molecule has 0 aliphatic rings. The van der Waals surface area contributed by atoms with E-state index in [4.69, 9.17) is 6.42 Å². The summed E-state index contributed by atoms with van der Waals surface area (Å²) >= 11 is 0. The minimum Gasteiger partial charge on any atom is -0.115 e. The van der Waals surface area contributed by atoms with Crippen LogP contribution in [0.25, 0.3) is 0 Å². The molecule has 0 nitrogen and oxygen atoms in total. The average molecular weight is 172 g/mol. The largest absolute Gasteiger partial charge is 0.115 e. The Bertz CT molecular complexity index is 287. The second-order valence-electron chi connectivity index (χ2n) is 3.56. The first-order chi connectivity index (χ1) is 6.26. The molecule has 1 atom stereocenters. The van der Waals surface area contributed by atoms with Gasteiger partial charge in [0.05, 0.1) is 0 Å². The summed E-state index contributed by atoms with van der Waals surface area (Å²) in [6.07, 6.45) is 7.66. The number of hydrogen-bond acceptors (Lipinski definition) is 0. The lowest BCUT2D eigenvalue weighted by atomic mass is 9.98. The molecule has 1 unspecified atom stereocenters. The van der Waals surface area contributed by atoms with Crippen LogP contribution in [0, 0.1) is 18.3 Å². The SMILES string of the molecule is C#Cc1ccc(CC(C)CC)cc1. The number of rotatable bonds is 3. The van der Waals surface area contributed by atoms with Gasteiger partial charge >= 0.3 is 0 Å². The third-order valence-corrected chi connectivity index (χ3v) is 2.40. The molecule has 0 saturated heterocycles. The van der Waals surface area contributed by atoms with Gasteiger partial charge in [0.15, 0.2) is 0 Å². The van der Waals surface area contributed by atoms with Gasteiger partial charge in [-0.2, -0.15) is 0 Å². The van der Waals surface area contributed by atoms with Crippen LogP contribution < -0.4 is 0 Å². The molecule has 1 rings (SSSR count). The minimum atomic E-state index is 0.761. The lowest BCUT2D eigenvalue weighted by Crippen LogP contribution is -1.97. The van der Waals surface area contributed by atoms with Gasteiger partial charge in [-0.1, -0.05) is 38.3 Å². The molecule has 0 heteroatoms. The first-order valence-electron chi connectivity index (χ1n) is 4.81. The summed E-state index contributed by atoms with van der Waals surface area (Å²) in [5.74, 6) is 3.38. The highest BCUT2D eigenvalue weighted by Gasteiger charge is 2.00. The van der Waals surface area contributed by atoms with Gasteiger partial charge in [-0.3, -0.25) is 0 Å². The van der Waals surface area contributed by atoms with E-state index in [1.807, 2.05) is 12.1 Å². The fraction of sp³-hybridized carbons (Fsp3) is 0.385. The predicted octanol–water partition coefficient (Wildman–Crippen LogP) is 3.26. The van der Waals surface area contributed by atoms with Gasteiger partial charge in [0.2, 0.25) is 0 Å². The molecular weight excluding hydrogens is 156 g/mol. The monoisotopic (exact) mass is 172 g/mol. The summed E-state index contributed by atoms with van der Waals surface area (Å²) in [7, 11) is 0. The van der Waals surface area contributed by atoms with Crippen molar-refractivity contribution in [2.75, 3.05) is 0 Å². The van der Waals surface area contributed by atoms with Gasteiger partial charge in [0.25, 0.3) is 0 Å². The lowest BCUT2D eigenvalue weighted by Gasteiger charge is -2.07. The summed E-state index contributed by atoms with van der Waals surface area (Å²) in [5.41, 5.74) is 2.35. The van der Waals surface area contributed by atoms with E-state index < -0.39 is 0 Å². The molecule has 0 N–H and O–H groups in total. The molecule has 68 valence electrons. The zero-order valence-corrected chi connectivity index (χ0v) is 8.38. The van der Waals surface area contributed by atoms with Crippen LogP contribution in [0.2, 0.25) is 0 Å². The van der Waals surface area contributed by atoms with E-state index in [1.165, 1.54) is 12.0 Å². The zero-order chi connectivity index (χ0) is 9.68. The molecule has 0 aliphatic carbocycles. The van der Waals surface area contributed by atoms with Gasteiger partial charge < -0.3 is 0 Å². The minimum absolute atomic E-state index is 0.761. The number of benzene rings is 1. The predicted molar refractivity (Wildman–Crippen MR) is 57.5 cm³/mol. The molecule has 0 saturated carbocycles. The van der Waals surface area contributed by atoms with E-state index in [1.54, 1.807) is 0 Å². The van der Waals surface area contributed by atoms with Gasteiger partial charge in [0.1, 0.15) is 0 Å². The van der Waals surface area contributed by atoms with Crippen LogP contribution in [0.3, 0.4) is 0 Å². The van der Waals surface area contributed by atoms with Crippen LogP contribution in [0.1, 0.15) is 31.4 Å². The van der Waals surface area contributed by atoms with E-state index in [-0.39, 0.29) is 0 Å². The lowest BCUT2D eigenvalue weighted by molar-refractivity contribution is 0.560. The highest BCUT2D eigenvalue weighted by atomic mass is 14.0. The Hall–Kier alpha value is -1.22. The number of terminal acetylenes is 1. The quantitative estimate of drug-likeness (QED) is 0.614. The van der Waals surface area contributed by atoms with Crippen LogP contribution in [0.5, 0.6) is 0 Å². The molecule has 13 heavy (non-hydrogen) atoms. The molecule has 0 spiro atoms. The van der Waals surface area contributed by atoms with Crippen LogP contribution in [0.4, 0.5) is 0 Å². The Morgan fingerprint density at radius 2 is 1.92 bits per heavy atom. The second kappa shape index (κ2) is 4.72. The molecule has 0 aliphatic heterocycles. The van der Waals surface area contributed by atoms with Crippen molar-refractivity contribution in [1.82, 2.24) is 0 Å². The van der Waals surface area contributed by atoms with Crippen molar-refractivity contribution in [1.29, 1.82) is 0 Å². The van der Waals surface area contributed by atoms with Crippen molar-refractivity contribution in [3.8, 4) is 12.3 Å². The van der Waals surface area contributed by atoms with E-state index in [0.29, 0.717) is 0 Å². The highest BCUT2D eigenvalue weighted by molar-refractivity contribution is 5.34. The first-order valence-corrected chi connectivity index (χ1v) is 4.81. The third kappa shape index (κ3) is 2.95. The fourth-order valence-electron chi connectivity index (χ4n) is 1.28. The Morgan fingerprint density at radius 1 is 1.31 bits per heavy atom. The third-order valence-electron chi connectivity index (χ3n) is 2.40. The van der Waals surface area contributed by atoms with Crippen molar-refractivity contribution in [3.05, 3.63) is 35.4 Å². The van der Waals surface area contributed by atoms with Crippen molar-refractivity contribution in [2.45, 2.75) is 26.7 Å². The molecular formula is C13H16. The van der Waals surface area contributed by atoms with Gasteiger partial charge in [-0.15, -0.1) is 6.42 Å². The van der Waals surface area contributed by atoms with Crippen LogP contribution in [0.15, 0.2) is 24.3 Å². The molecule has 1 aromatic rings. The maximum absolute atomic E-state index is 5.28. The van der Waals surface area contributed by atoms with Crippen LogP contribution in [-0.2, 0) is 6.42 Å². The molecule has 0 heterocycles. The molecule has 0 fully saturated rings. The molecule has 1 aromatic carbocycles. The van der Waals surface area contributed by atoms with Crippen LogP contribution >= 0.6 is 0 Å². The standard InChI is InChI=1S/C13H16/c1-4-11(3)10-13-8-6-12(5-2)7-9-13/h2,6-9,11H,4,10H2,1,3H3. The Labute approximate surface area is 81.0 Å². The highest BCUT2D eigenvalue weighted by Crippen LogP contribution is 2.11. The molecule has 0 amide bonds. The Balaban J connectivity index is 2.65. The maximum atomic E-state index is 5.28. The normalized spacial score (nSPS) is 12.1. The van der Waals surface area contributed by atoms with Crippen molar-refractivity contribution in [3.63, 3.8) is 0 Å². The fourth-order valence-corrected chi connectivity index (χ4v) is 1.28. The summed E-state index contributed by atoms with van der Waals surface area (Å²) in [6.45, 7) is 4.50. The Morgan fingerprint density at radius 3 is 2.38 bits per heavy atom. The summed E-state index contributed by atoms with van der Waals surface area (Å²) < 4.78 is 0. The van der Waals surface area contributed by atoms with E-state index >= 15 is 0 Å². The van der Waals surface area contributed by atoms with Gasteiger partial charge in [0, 0.05) is 5.56 Å². The maximum Gasteiger partial charge on any atom is 0.0242 e. The summed E-state index contributed by atoms with van der Waals surface area (Å²) in [4.78, 5) is 0. The van der Waals surface area contributed by atoms with Gasteiger partial charge in [-0.25, -0.2) is 0 Å². The topological polar surface area (TPSA) is 0 Å². The Kier molecular flexibility index (Phi) is 3.58.